The number of carbonyl (C=O) groups excluding carboxylic acids is 2. The number of rotatable bonds is 3. The van der Waals surface area contributed by atoms with E-state index in [1.165, 1.54) is 6.92 Å². The van der Waals surface area contributed by atoms with Crippen LogP contribution in [0.25, 0.3) is 0 Å². The monoisotopic (exact) mass is 270 g/mol. The van der Waals surface area contributed by atoms with Crippen molar-refractivity contribution in [2.24, 2.45) is 0 Å². The van der Waals surface area contributed by atoms with Gasteiger partial charge in [-0.1, -0.05) is 30.3 Å². The Labute approximate surface area is 116 Å². The van der Waals surface area contributed by atoms with Crippen LogP contribution in [-0.4, -0.2) is 11.9 Å². The minimum absolute atomic E-state index is 0.193. The molecule has 2 aromatic carbocycles. The minimum Gasteiger partial charge on any atom is -0.426 e. The molecule has 2 aromatic rings. The smallest absolute Gasteiger partial charge is 0.347 e. The molecule has 0 saturated heterocycles. The fraction of sp³-hybridized carbons (Fsp3) is 0.125. The third-order valence-electron chi connectivity index (χ3n) is 2.66. The molecule has 0 aliphatic rings. The summed E-state index contributed by atoms with van der Waals surface area (Å²) in [7, 11) is 0. The van der Waals surface area contributed by atoms with Gasteiger partial charge in [0, 0.05) is 6.92 Å². The number of benzene rings is 2. The Morgan fingerprint density at radius 1 is 0.850 bits per heavy atom. The van der Waals surface area contributed by atoms with Gasteiger partial charge in [0.2, 0.25) is 0 Å². The van der Waals surface area contributed by atoms with Crippen LogP contribution in [0.5, 0.6) is 11.5 Å². The molecule has 0 bridgehead atoms. The normalized spacial score (nSPS) is 9.90. The number of ether oxygens (including phenoxy) is 2. The maximum Gasteiger partial charge on any atom is 0.347 e. The maximum atomic E-state index is 12.2. The van der Waals surface area contributed by atoms with Crippen LogP contribution in [0.3, 0.4) is 0 Å². The molecule has 0 unspecified atom stereocenters. The van der Waals surface area contributed by atoms with E-state index in [1.54, 1.807) is 36.4 Å². The Hall–Kier alpha value is -2.62. The molecule has 0 heterocycles. The lowest BCUT2D eigenvalue weighted by molar-refractivity contribution is -0.131. The molecule has 0 amide bonds. The van der Waals surface area contributed by atoms with Crippen LogP contribution in [0.1, 0.15) is 22.8 Å². The largest absolute Gasteiger partial charge is 0.426 e. The summed E-state index contributed by atoms with van der Waals surface area (Å²) in [6.07, 6.45) is 0. The molecular formula is C16H14O4. The standard InChI is InChI=1S/C16H14O4/c1-11-7-3-5-9-14(11)20-16(18)13-8-4-6-10-15(13)19-12(2)17/h3-10H,1-2H3. The highest BCUT2D eigenvalue weighted by Gasteiger charge is 2.16. The molecule has 0 aliphatic carbocycles. The second-order valence-electron chi connectivity index (χ2n) is 4.24. The molecule has 0 aromatic heterocycles. The molecule has 0 radical (unpaired) electrons. The molecule has 20 heavy (non-hydrogen) atoms. The highest BCUT2D eigenvalue weighted by Crippen LogP contribution is 2.22. The van der Waals surface area contributed by atoms with E-state index in [1.807, 2.05) is 19.1 Å². The molecule has 4 nitrogen and oxygen atoms in total. The zero-order chi connectivity index (χ0) is 14.5. The highest BCUT2D eigenvalue weighted by atomic mass is 16.5. The van der Waals surface area contributed by atoms with Crippen LogP contribution < -0.4 is 9.47 Å². The first-order chi connectivity index (χ1) is 9.58. The van der Waals surface area contributed by atoms with Crippen molar-refractivity contribution in [2.45, 2.75) is 13.8 Å². The molecule has 0 N–H and O–H groups in total. The number of esters is 2. The zero-order valence-electron chi connectivity index (χ0n) is 11.3. The van der Waals surface area contributed by atoms with E-state index < -0.39 is 11.9 Å². The van der Waals surface area contributed by atoms with E-state index >= 15 is 0 Å². The molecule has 0 spiro atoms. The van der Waals surface area contributed by atoms with E-state index in [0.717, 1.165) is 5.56 Å². The lowest BCUT2D eigenvalue weighted by Crippen LogP contribution is -2.13. The molecule has 2 rings (SSSR count). The Morgan fingerprint density at radius 3 is 2.10 bits per heavy atom. The number of para-hydroxylation sites is 2. The van der Waals surface area contributed by atoms with Crippen molar-refractivity contribution in [1.29, 1.82) is 0 Å². The number of aryl methyl sites for hydroxylation is 1. The Bertz CT molecular complexity index is 646. The number of hydrogen-bond acceptors (Lipinski definition) is 4. The van der Waals surface area contributed by atoms with Crippen LogP contribution in [0.4, 0.5) is 0 Å². The van der Waals surface area contributed by atoms with E-state index in [2.05, 4.69) is 0 Å². The summed E-state index contributed by atoms with van der Waals surface area (Å²) in [5.41, 5.74) is 1.07. The molecule has 4 heteroatoms. The summed E-state index contributed by atoms with van der Waals surface area (Å²) in [5, 5.41) is 0. The second-order valence-corrected chi connectivity index (χ2v) is 4.24. The fourth-order valence-electron chi connectivity index (χ4n) is 1.70. The Balaban J connectivity index is 2.26. The fourth-order valence-corrected chi connectivity index (χ4v) is 1.70. The van der Waals surface area contributed by atoms with Crippen molar-refractivity contribution < 1.29 is 19.1 Å². The second kappa shape index (κ2) is 6.02. The minimum atomic E-state index is -0.559. The van der Waals surface area contributed by atoms with Gasteiger partial charge in [0.25, 0.3) is 0 Å². The van der Waals surface area contributed by atoms with Crippen molar-refractivity contribution in [3.05, 3.63) is 59.7 Å². The van der Waals surface area contributed by atoms with Crippen molar-refractivity contribution in [1.82, 2.24) is 0 Å². The maximum absolute atomic E-state index is 12.2. The van der Waals surface area contributed by atoms with Crippen LogP contribution in [0.15, 0.2) is 48.5 Å². The first kappa shape index (κ1) is 13.8. The molecule has 102 valence electrons. The summed E-state index contributed by atoms with van der Waals surface area (Å²) in [4.78, 5) is 23.2. The van der Waals surface area contributed by atoms with Crippen molar-refractivity contribution in [2.75, 3.05) is 0 Å². The van der Waals surface area contributed by atoms with Crippen LogP contribution in [0.2, 0.25) is 0 Å². The SMILES string of the molecule is CC(=O)Oc1ccccc1C(=O)Oc1ccccc1C. The van der Waals surface area contributed by atoms with Crippen molar-refractivity contribution >= 4 is 11.9 Å². The van der Waals surface area contributed by atoms with Crippen molar-refractivity contribution in [3.63, 3.8) is 0 Å². The van der Waals surface area contributed by atoms with E-state index in [9.17, 15) is 9.59 Å². The number of carbonyl (C=O) groups is 2. The average Bonchev–Trinajstić information content (AvgIpc) is 2.41. The van der Waals surface area contributed by atoms with Gasteiger partial charge in [0.1, 0.15) is 17.1 Å². The topological polar surface area (TPSA) is 52.6 Å². The molecule has 0 aliphatic heterocycles. The molecule has 0 saturated carbocycles. The van der Waals surface area contributed by atoms with Crippen LogP contribution in [0, 0.1) is 6.92 Å². The van der Waals surface area contributed by atoms with E-state index in [-0.39, 0.29) is 11.3 Å². The van der Waals surface area contributed by atoms with Gasteiger partial charge in [-0.05, 0) is 30.7 Å². The summed E-state index contributed by atoms with van der Waals surface area (Å²) in [6, 6.07) is 13.7. The van der Waals surface area contributed by atoms with Crippen molar-refractivity contribution in [3.8, 4) is 11.5 Å². The van der Waals surface area contributed by atoms with Gasteiger partial charge in [0.05, 0.1) is 0 Å². The van der Waals surface area contributed by atoms with Crippen LogP contribution >= 0.6 is 0 Å². The first-order valence-electron chi connectivity index (χ1n) is 6.13. The summed E-state index contributed by atoms with van der Waals surface area (Å²) in [6.45, 7) is 3.13. The predicted octanol–water partition coefficient (Wildman–Crippen LogP) is 3.14. The average molecular weight is 270 g/mol. The molecule has 0 atom stereocenters. The van der Waals surface area contributed by atoms with Gasteiger partial charge >= 0.3 is 11.9 Å². The predicted molar refractivity (Wildman–Crippen MR) is 73.9 cm³/mol. The molecule has 0 fully saturated rings. The van der Waals surface area contributed by atoms with Gasteiger partial charge in [-0.2, -0.15) is 0 Å². The van der Waals surface area contributed by atoms with Crippen LogP contribution in [-0.2, 0) is 4.79 Å². The molecular weight excluding hydrogens is 256 g/mol. The van der Waals surface area contributed by atoms with E-state index in [4.69, 9.17) is 9.47 Å². The van der Waals surface area contributed by atoms with Gasteiger partial charge in [-0.3, -0.25) is 4.79 Å². The first-order valence-corrected chi connectivity index (χ1v) is 6.13. The lowest BCUT2D eigenvalue weighted by Gasteiger charge is -2.10. The zero-order valence-corrected chi connectivity index (χ0v) is 11.3. The summed E-state index contributed by atoms with van der Waals surface area (Å²) >= 11 is 0. The third-order valence-corrected chi connectivity index (χ3v) is 2.66. The van der Waals surface area contributed by atoms with E-state index in [0.29, 0.717) is 5.75 Å². The number of hydrogen-bond donors (Lipinski definition) is 0. The Morgan fingerprint density at radius 2 is 1.45 bits per heavy atom. The van der Waals surface area contributed by atoms with Gasteiger partial charge < -0.3 is 9.47 Å². The Kier molecular flexibility index (Phi) is 4.15. The highest BCUT2D eigenvalue weighted by molar-refractivity contribution is 5.94. The lowest BCUT2D eigenvalue weighted by atomic mass is 10.2. The summed E-state index contributed by atoms with van der Waals surface area (Å²) in [5.74, 6) is -0.369. The van der Waals surface area contributed by atoms with Gasteiger partial charge in [0.15, 0.2) is 0 Å². The van der Waals surface area contributed by atoms with Gasteiger partial charge in [-0.15, -0.1) is 0 Å². The third kappa shape index (κ3) is 3.23. The van der Waals surface area contributed by atoms with Gasteiger partial charge in [-0.25, -0.2) is 4.79 Å². The quantitative estimate of drug-likeness (QED) is 0.635. The summed E-state index contributed by atoms with van der Waals surface area (Å²) < 4.78 is 10.3.